The Bertz CT molecular complexity index is 590. The zero-order chi connectivity index (χ0) is 15.8. The van der Waals surface area contributed by atoms with E-state index in [1.165, 1.54) is 5.56 Å². The third-order valence-corrected chi connectivity index (χ3v) is 4.66. The van der Waals surface area contributed by atoms with Gasteiger partial charge in [-0.05, 0) is 42.7 Å². The second-order valence-corrected chi connectivity index (χ2v) is 6.56. The molecule has 0 aromatic heterocycles. The van der Waals surface area contributed by atoms with Crippen molar-refractivity contribution in [3.8, 4) is 0 Å². The van der Waals surface area contributed by atoms with Crippen LogP contribution in [-0.2, 0) is 10.5 Å². The molecule has 0 fully saturated rings. The summed E-state index contributed by atoms with van der Waals surface area (Å²) in [6, 6.07) is 16.5. The molecule has 0 aliphatic carbocycles. The van der Waals surface area contributed by atoms with Crippen LogP contribution in [-0.4, -0.2) is 11.7 Å². The Morgan fingerprint density at radius 2 is 1.68 bits per heavy atom. The average molecular weight is 313 g/mol. The minimum atomic E-state index is 0.109. The molecule has 0 heterocycles. The number of para-hydroxylation sites is 1. The van der Waals surface area contributed by atoms with Crippen LogP contribution in [0.5, 0.6) is 0 Å². The fourth-order valence-electron chi connectivity index (χ4n) is 2.31. The van der Waals surface area contributed by atoms with Crippen molar-refractivity contribution in [3.05, 3.63) is 65.2 Å². The molecule has 1 amide bonds. The molecular weight excluding hydrogens is 290 g/mol. The molecule has 22 heavy (non-hydrogen) atoms. The zero-order valence-corrected chi connectivity index (χ0v) is 14.1. The summed E-state index contributed by atoms with van der Waals surface area (Å²) < 4.78 is 0. The molecule has 2 aromatic carbocycles. The van der Waals surface area contributed by atoms with Crippen molar-refractivity contribution in [3.63, 3.8) is 0 Å². The Kier molecular flexibility index (Phi) is 6.53. The van der Waals surface area contributed by atoms with Gasteiger partial charge in [0.25, 0.3) is 0 Å². The van der Waals surface area contributed by atoms with Crippen molar-refractivity contribution in [1.29, 1.82) is 0 Å². The maximum absolute atomic E-state index is 12.0. The van der Waals surface area contributed by atoms with Gasteiger partial charge in [-0.25, -0.2) is 0 Å². The van der Waals surface area contributed by atoms with Crippen LogP contribution in [0.15, 0.2) is 48.5 Å². The van der Waals surface area contributed by atoms with E-state index in [0.29, 0.717) is 6.42 Å². The predicted molar refractivity (Wildman–Crippen MR) is 96.4 cm³/mol. The molecule has 0 bridgehead atoms. The third-order valence-electron chi connectivity index (χ3n) is 3.55. The first kappa shape index (κ1) is 16.6. The Morgan fingerprint density at radius 1 is 1.00 bits per heavy atom. The lowest BCUT2D eigenvalue weighted by molar-refractivity contribution is -0.116. The van der Waals surface area contributed by atoms with E-state index in [9.17, 15) is 4.79 Å². The smallest absolute Gasteiger partial charge is 0.224 e. The van der Waals surface area contributed by atoms with E-state index >= 15 is 0 Å². The van der Waals surface area contributed by atoms with Gasteiger partial charge in [0.2, 0.25) is 5.91 Å². The first-order valence-corrected chi connectivity index (χ1v) is 8.80. The van der Waals surface area contributed by atoms with E-state index in [1.54, 1.807) is 0 Å². The quantitative estimate of drug-likeness (QED) is 0.732. The van der Waals surface area contributed by atoms with Gasteiger partial charge >= 0.3 is 0 Å². The Labute approximate surface area is 137 Å². The van der Waals surface area contributed by atoms with Crippen LogP contribution >= 0.6 is 11.8 Å². The van der Waals surface area contributed by atoms with Gasteiger partial charge in [0.15, 0.2) is 0 Å². The highest BCUT2D eigenvalue weighted by Gasteiger charge is 2.06. The summed E-state index contributed by atoms with van der Waals surface area (Å²) in [6.07, 6.45) is 1.49. The summed E-state index contributed by atoms with van der Waals surface area (Å²) in [5, 5.41) is 3.04. The number of carbonyl (C=O) groups excluding carboxylic acids is 1. The molecule has 2 rings (SSSR count). The van der Waals surface area contributed by atoms with E-state index in [-0.39, 0.29) is 5.91 Å². The zero-order valence-electron chi connectivity index (χ0n) is 13.3. The molecule has 1 N–H and O–H groups in total. The largest absolute Gasteiger partial charge is 0.326 e. The van der Waals surface area contributed by atoms with Crippen LogP contribution in [0.1, 0.15) is 29.5 Å². The lowest BCUT2D eigenvalue weighted by Gasteiger charge is -2.11. The van der Waals surface area contributed by atoms with Gasteiger partial charge in [-0.2, -0.15) is 11.8 Å². The predicted octanol–water partition coefficient (Wildman–Crippen LogP) is 4.96. The van der Waals surface area contributed by atoms with Gasteiger partial charge in [0, 0.05) is 17.9 Å². The van der Waals surface area contributed by atoms with Gasteiger partial charge in [0.05, 0.1) is 0 Å². The lowest BCUT2D eigenvalue weighted by atomic mass is 10.1. The maximum Gasteiger partial charge on any atom is 0.224 e. The number of hydrogen-bond donors (Lipinski definition) is 1. The summed E-state index contributed by atoms with van der Waals surface area (Å²) in [7, 11) is 0. The van der Waals surface area contributed by atoms with E-state index in [0.717, 1.165) is 34.7 Å². The Hall–Kier alpha value is -1.74. The van der Waals surface area contributed by atoms with Crippen LogP contribution in [0.3, 0.4) is 0 Å². The number of amides is 1. The Morgan fingerprint density at radius 3 is 2.36 bits per heavy atom. The highest BCUT2D eigenvalue weighted by Crippen LogP contribution is 2.20. The molecule has 2 aromatic rings. The fourth-order valence-corrected chi connectivity index (χ4v) is 3.23. The second-order valence-electron chi connectivity index (χ2n) is 5.46. The summed E-state index contributed by atoms with van der Waals surface area (Å²) in [5.74, 6) is 2.13. The van der Waals surface area contributed by atoms with Crippen LogP contribution in [0.25, 0.3) is 0 Å². The van der Waals surface area contributed by atoms with Crippen molar-refractivity contribution in [2.75, 3.05) is 11.1 Å². The van der Waals surface area contributed by atoms with E-state index in [1.807, 2.05) is 49.9 Å². The van der Waals surface area contributed by atoms with Gasteiger partial charge in [-0.15, -0.1) is 0 Å². The minimum absolute atomic E-state index is 0.109. The SMILES string of the molecule is Cc1cccc(C)c1NC(=O)CCCSCc1ccccc1. The molecule has 2 nitrogen and oxygen atoms in total. The normalized spacial score (nSPS) is 10.5. The third kappa shape index (κ3) is 5.23. The number of thioether (sulfide) groups is 1. The van der Waals surface area contributed by atoms with E-state index in [2.05, 4.69) is 29.6 Å². The van der Waals surface area contributed by atoms with Crippen LogP contribution < -0.4 is 5.32 Å². The highest BCUT2D eigenvalue weighted by molar-refractivity contribution is 7.98. The lowest BCUT2D eigenvalue weighted by Crippen LogP contribution is -2.13. The van der Waals surface area contributed by atoms with Crippen molar-refractivity contribution < 1.29 is 4.79 Å². The molecule has 0 saturated carbocycles. The van der Waals surface area contributed by atoms with Gasteiger partial charge < -0.3 is 5.32 Å². The molecular formula is C19H23NOS. The minimum Gasteiger partial charge on any atom is -0.326 e. The molecule has 0 aliphatic rings. The number of anilines is 1. The maximum atomic E-state index is 12.0. The molecule has 0 atom stereocenters. The monoisotopic (exact) mass is 313 g/mol. The average Bonchev–Trinajstić information content (AvgIpc) is 2.52. The topological polar surface area (TPSA) is 29.1 Å². The standard InChI is InChI=1S/C19H23NOS/c1-15-8-6-9-16(2)19(15)20-18(21)12-7-13-22-14-17-10-4-3-5-11-17/h3-6,8-11H,7,12-14H2,1-2H3,(H,20,21). The van der Waals surface area contributed by atoms with Crippen molar-refractivity contribution >= 4 is 23.4 Å². The van der Waals surface area contributed by atoms with Crippen LogP contribution in [0.2, 0.25) is 0 Å². The van der Waals surface area contributed by atoms with Gasteiger partial charge in [-0.1, -0.05) is 48.5 Å². The Balaban J connectivity index is 1.68. The molecule has 0 saturated heterocycles. The molecule has 0 spiro atoms. The first-order chi connectivity index (χ1) is 10.7. The van der Waals surface area contributed by atoms with Crippen molar-refractivity contribution in [1.82, 2.24) is 0 Å². The van der Waals surface area contributed by atoms with E-state index < -0.39 is 0 Å². The highest BCUT2D eigenvalue weighted by atomic mass is 32.2. The second kappa shape index (κ2) is 8.64. The first-order valence-electron chi connectivity index (χ1n) is 7.64. The summed E-state index contributed by atoms with van der Waals surface area (Å²) in [4.78, 5) is 12.0. The molecule has 0 aliphatic heterocycles. The molecule has 0 radical (unpaired) electrons. The van der Waals surface area contributed by atoms with Gasteiger partial charge in [-0.3, -0.25) is 4.79 Å². The number of benzene rings is 2. The summed E-state index contributed by atoms with van der Waals surface area (Å²) in [5.41, 5.74) is 4.54. The molecule has 3 heteroatoms. The van der Waals surface area contributed by atoms with E-state index in [4.69, 9.17) is 0 Å². The number of aryl methyl sites for hydroxylation is 2. The number of hydrogen-bond acceptors (Lipinski definition) is 2. The van der Waals surface area contributed by atoms with Crippen LogP contribution in [0, 0.1) is 13.8 Å². The number of rotatable bonds is 7. The van der Waals surface area contributed by atoms with Crippen LogP contribution in [0.4, 0.5) is 5.69 Å². The molecule has 0 unspecified atom stereocenters. The van der Waals surface area contributed by atoms with Crippen molar-refractivity contribution in [2.45, 2.75) is 32.4 Å². The summed E-state index contributed by atoms with van der Waals surface area (Å²) in [6.45, 7) is 4.05. The fraction of sp³-hybridized carbons (Fsp3) is 0.316. The number of nitrogens with one attached hydrogen (secondary N) is 1. The number of carbonyl (C=O) groups is 1. The summed E-state index contributed by atoms with van der Waals surface area (Å²) >= 11 is 1.88. The van der Waals surface area contributed by atoms with Gasteiger partial charge in [0.1, 0.15) is 0 Å². The van der Waals surface area contributed by atoms with Crippen molar-refractivity contribution in [2.24, 2.45) is 0 Å². The molecule has 116 valence electrons.